The molecule has 0 saturated carbocycles. The van der Waals surface area contributed by atoms with Crippen LogP contribution in [0.15, 0.2) is 18.2 Å². The maximum absolute atomic E-state index is 12.4. The molecule has 0 bridgehead atoms. The largest absolute Gasteiger partial charge is 0.346 e. The summed E-state index contributed by atoms with van der Waals surface area (Å²) in [5.41, 5.74) is 2.62. The summed E-state index contributed by atoms with van der Waals surface area (Å²) in [6.45, 7) is 6.29. The Morgan fingerprint density at radius 2 is 1.95 bits per heavy atom. The molecule has 1 atom stereocenters. The molecule has 0 radical (unpaired) electrons. The van der Waals surface area contributed by atoms with Crippen molar-refractivity contribution in [2.24, 2.45) is 5.92 Å². The van der Waals surface area contributed by atoms with Crippen LogP contribution in [-0.2, 0) is 20.7 Å². The van der Waals surface area contributed by atoms with E-state index in [1.165, 1.54) is 0 Å². The second-order valence-corrected chi connectivity index (χ2v) is 4.93. The molecule has 4 nitrogen and oxygen atoms in total. The van der Waals surface area contributed by atoms with E-state index in [0.29, 0.717) is 25.2 Å². The Hall–Kier alpha value is -1.52. The standard InChI is InChI=1S/C16H20O4/c1-4-19-16(20-5-2)15(18)13-9-11-7-6-10(3)8-12(11)14(13)17/h6-8,13,16H,4-5,9H2,1-3H3. The zero-order valence-electron chi connectivity index (χ0n) is 12.1. The molecule has 1 aromatic carbocycles. The lowest BCUT2D eigenvalue weighted by Crippen LogP contribution is -2.35. The lowest BCUT2D eigenvalue weighted by molar-refractivity contribution is -0.170. The third-order valence-electron chi connectivity index (χ3n) is 3.48. The molecular weight excluding hydrogens is 256 g/mol. The van der Waals surface area contributed by atoms with E-state index < -0.39 is 12.2 Å². The van der Waals surface area contributed by atoms with Gasteiger partial charge in [-0.15, -0.1) is 0 Å². The number of rotatable bonds is 6. The molecule has 0 heterocycles. The van der Waals surface area contributed by atoms with E-state index in [2.05, 4.69) is 0 Å². The molecule has 0 spiro atoms. The smallest absolute Gasteiger partial charge is 0.218 e. The van der Waals surface area contributed by atoms with Gasteiger partial charge in [-0.1, -0.05) is 17.7 Å². The van der Waals surface area contributed by atoms with Crippen LogP contribution < -0.4 is 0 Å². The van der Waals surface area contributed by atoms with E-state index in [9.17, 15) is 9.59 Å². The molecule has 0 aliphatic heterocycles. The van der Waals surface area contributed by atoms with Gasteiger partial charge in [0, 0.05) is 18.8 Å². The van der Waals surface area contributed by atoms with Gasteiger partial charge in [0.05, 0.1) is 5.92 Å². The highest BCUT2D eigenvalue weighted by Gasteiger charge is 2.39. The highest BCUT2D eigenvalue weighted by molar-refractivity contribution is 6.14. The van der Waals surface area contributed by atoms with Gasteiger partial charge in [0.2, 0.25) is 6.29 Å². The highest BCUT2D eigenvalue weighted by atomic mass is 16.7. The molecule has 4 heteroatoms. The Bertz CT molecular complexity index is 515. The topological polar surface area (TPSA) is 52.6 Å². The third kappa shape index (κ3) is 2.81. The number of hydrogen-bond donors (Lipinski definition) is 0. The van der Waals surface area contributed by atoms with Crippen molar-refractivity contribution < 1.29 is 19.1 Å². The second-order valence-electron chi connectivity index (χ2n) is 4.93. The van der Waals surface area contributed by atoms with Crippen LogP contribution in [0.3, 0.4) is 0 Å². The number of carbonyl (C=O) groups excluding carboxylic acids is 2. The first-order chi connectivity index (χ1) is 9.58. The Balaban J connectivity index is 2.19. The predicted octanol–water partition coefficient (Wildman–Crippen LogP) is 2.32. The van der Waals surface area contributed by atoms with Crippen molar-refractivity contribution in [3.05, 3.63) is 34.9 Å². The van der Waals surface area contributed by atoms with Gasteiger partial charge in [-0.05, 0) is 38.8 Å². The quantitative estimate of drug-likeness (QED) is 0.591. The number of benzene rings is 1. The minimum absolute atomic E-state index is 0.113. The van der Waals surface area contributed by atoms with Crippen molar-refractivity contribution in [2.75, 3.05) is 13.2 Å². The zero-order chi connectivity index (χ0) is 14.7. The van der Waals surface area contributed by atoms with Gasteiger partial charge >= 0.3 is 0 Å². The van der Waals surface area contributed by atoms with Crippen molar-refractivity contribution >= 4 is 11.6 Å². The molecule has 1 unspecified atom stereocenters. The summed E-state index contributed by atoms with van der Waals surface area (Å²) in [6.07, 6.45) is -0.487. The fraction of sp³-hybridized carbons (Fsp3) is 0.500. The molecule has 1 aromatic rings. The molecular formula is C16H20O4. The second kappa shape index (κ2) is 6.29. The number of ether oxygens (including phenoxy) is 2. The monoisotopic (exact) mass is 276 g/mol. The summed E-state index contributed by atoms with van der Waals surface area (Å²) in [5, 5.41) is 0. The van der Waals surface area contributed by atoms with Gasteiger partial charge in [0.1, 0.15) is 0 Å². The first-order valence-electron chi connectivity index (χ1n) is 6.99. The van der Waals surface area contributed by atoms with E-state index in [0.717, 1.165) is 11.1 Å². The minimum Gasteiger partial charge on any atom is -0.346 e. The fourth-order valence-corrected chi connectivity index (χ4v) is 2.51. The lowest BCUT2D eigenvalue weighted by Gasteiger charge is -2.18. The number of Topliss-reactive ketones (excluding diaryl/α,β-unsaturated/α-hetero) is 2. The maximum atomic E-state index is 12.4. The van der Waals surface area contributed by atoms with Crippen molar-refractivity contribution in [3.63, 3.8) is 0 Å². The molecule has 0 saturated heterocycles. The van der Waals surface area contributed by atoms with Crippen molar-refractivity contribution in [1.29, 1.82) is 0 Å². The van der Waals surface area contributed by atoms with Gasteiger partial charge in [0.15, 0.2) is 11.6 Å². The van der Waals surface area contributed by atoms with Crippen LogP contribution in [0, 0.1) is 12.8 Å². The maximum Gasteiger partial charge on any atom is 0.218 e. The van der Waals surface area contributed by atoms with Crippen LogP contribution in [0.25, 0.3) is 0 Å². The average molecular weight is 276 g/mol. The molecule has 108 valence electrons. The number of carbonyl (C=O) groups is 2. The Kier molecular flexibility index (Phi) is 4.68. The van der Waals surface area contributed by atoms with Crippen LogP contribution in [-0.4, -0.2) is 31.1 Å². The average Bonchev–Trinajstić information content (AvgIpc) is 2.75. The summed E-state index contributed by atoms with van der Waals surface area (Å²) >= 11 is 0. The number of ketones is 2. The van der Waals surface area contributed by atoms with Gasteiger partial charge in [0.25, 0.3) is 0 Å². The summed E-state index contributed by atoms with van der Waals surface area (Å²) in [7, 11) is 0. The van der Waals surface area contributed by atoms with Crippen molar-refractivity contribution in [1.82, 2.24) is 0 Å². The number of aryl methyl sites for hydroxylation is 1. The first kappa shape index (κ1) is 14.9. The predicted molar refractivity (Wildman–Crippen MR) is 74.8 cm³/mol. The van der Waals surface area contributed by atoms with Crippen molar-refractivity contribution in [2.45, 2.75) is 33.5 Å². The molecule has 2 rings (SSSR count). The number of hydrogen-bond acceptors (Lipinski definition) is 4. The van der Waals surface area contributed by atoms with Crippen molar-refractivity contribution in [3.8, 4) is 0 Å². The van der Waals surface area contributed by atoms with E-state index >= 15 is 0 Å². The van der Waals surface area contributed by atoms with Crippen LogP contribution in [0.4, 0.5) is 0 Å². The Morgan fingerprint density at radius 3 is 2.55 bits per heavy atom. The summed E-state index contributed by atoms with van der Waals surface area (Å²) < 4.78 is 10.6. The first-order valence-corrected chi connectivity index (χ1v) is 6.99. The lowest BCUT2D eigenvalue weighted by atomic mass is 9.99. The normalized spacial score (nSPS) is 17.6. The molecule has 20 heavy (non-hydrogen) atoms. The molecule has 0 aromatic heterocycles. The molecule has 0 fully saturated rings. The summed E-state index contributed by atoms with van der Waals surface area (Å²) in [6, 6.07) is 5.73. The minimum atomic E-state index is -0.936. The highest BCUT2D eigenvalue weighted by Crippen LogP contribution is 2.29. The third-order valence-corrected chi connectivity index (χ3v) is 3.48. The van der Waals surface area contributed by atoms with E-state index in [1.807, 2.05) is 25.1 Å². The van der Waals surface area contributed by atoms with Crippen LogP contribution >= 0.6 is 0 Å². The summed E-state index contributed by atoms with van der Waals surface area (Å²) in [5.74, 6) is -1.06. The Labute approximate surface area is 119 Å². The van der Waals surface area contributed by atoms with Crippen LogP contribution in [0.1, 0.15) is 35.3 Å². The van der Waals surface area contributed by atoms with Gasteiger partial charge in [-0.25, -0.2) is 0 Å². The summed E-state index contributed by atoms with van der Waals surface area (Å²) in [4.78, 5) is 24.8. The van der Waals surface area contributed by atoms with E-state index in [4.69, 9.17) is 9.47 Å². The van der Waals surface area contributed by atoms with Crippen LogP contribution in [0.5, 0.6) is 0 Å². The van der Waals surface area contributed by atoms with Gasteiger partial charge in [-0.3, -0.25) is 9.59 Å². The zero-order valence-corrected chi connectivity index (χ0v) is 12.1. The molecule has 1 aliphatic rings. The van der Waals surface area contributed by atoms with Crippen LogP contribution in [0.2, 0.25) is 0 Å². The Morgan fingerprint density at radius 1 is 1.30 bits per heavy atom. The molecule has 0 N–H and O–H groups in total. The van der Waals surface area contributed by atoms with E-state index in [-0.39, 0.29) is 11.6 Å². The van der Waals surface area contributed by atoms with E-state index in [1.54, 1.807) is 13.8 Å². The van der Waals surface area contributed by atoms with Gasteiger partial charge in [-0.2, -0.15) is 0 Å². The fourth-order valence-electron chi connectivity index (χ4n) is 2.51. The molecule has 0 amide bonds. The number of fused-ring (bicyclic) bond motifs is 1. The van der Waals surface area contributed by atoms with Gasteiger partial charge < -0.3 is 9.47 Å². The SMILES string of the molecule is CCOC(OCC)C(=O)C1Cc2ccc(C)cc2C1=O. The molecule has 1 aliphatic carbocycles.